The van der Waals surface area contributed by atoms with Gasteiger partial charge >= 0.3 is 94.6 Å². The third-order valence-corrected chi connectivity index (χ3v) is 0.542. The number of carboxylic acids is 1. The van der Waals surface area contributed by atoms with Crippen LogP contribution in [0.3, 0.4) is 0 Å². The summed E-state index contributed by atoms with van der Waals surface area (Å²) in [4.78, 5) is 9.75. The van der Waals surface area contributed by atoms with Crippen molar-refractivity contribution in [2.24, 2.45) is 0 Å². The molecule has 0 aromatic carbocycles. The molecule has 50 valence electrons. The third-order valence-electron chi connectivity index (χ3n) is 0.542. The van der Waals surface area contributed by atoms with Gasteiger partial charge in [-0.3, -0.25) is 0 Å². The Morgan fingerprint density at radius 2 is 1.73 bits per heavy atom. The molecule has 0 rings (SSSR count). The summed E-state index contributed by atoms with van der Waals surface area (Å²) < 4.78 is 0. The summed E-state index contributed by atoms with van der Waals surface area (Å²) in [5.74, 6) is -0.914. The first kappa shape index (κ1) is 23.1. The predicted molar refractivity (Wildman–Crippen MR) is 34.9 cm³/mol. The van der Waals surface area contributed by atoms with Crippen LogP contribution in [-0.4, -0.2) is 11.1 Å². The fraction of sp³-hybridized carbons (Fsp3) is 0.167. The van der Waals surface area contributed by atoms with Crippen molar-refractivity contribution in [3.05, 3.63) is 24.3 Å². The van der Waals surface area contributed by atoms with Gasteiger partial charge in [-0.2, -0.15) is 0 Å². The maximum atomic E-state index is 9.75. The Hall–Kier alpha value is 1.95. The van der Waals surface area contributed by atoms with E-state index < -0.39 is 5.97 Å². The Morgan fingerprint density at radius 1 is 1.27 bits per heavy atom. The molecule has 0 bridgehead atoms. The molecule has 0 saturated heterocycles. The number of aliphatic carboxylic acids is 1. The van der Waals surface area contributed by atoms with E-state index in [9.17, 15) is 4.79 Å². The van der Waals surface area contributed by atoms with Gasteiger partial charge < -0.3 is 9.39 Å². The standard InChI is InChI=1S/C6H8O2.3Na.3H/c1-2-3-4-5-6(7)8;;;;;;/h2-5H,1H3,(H,7,8);;;;;;/q;3*+1;3*-1/b3-2+,5-4+;;;;;;. The molecule has 0 spiro atoms. The molecule has 0 aromatic heterocycles. The summed E-state index contributed by atoms with van der Waals surface area (Å²) in [5, 5.41) is 8.02. The van der Waals surface area contributed by atoms with Crippen molar-refractivity contribution in [3.8, 4) is 0 Å². The molecule has 0 atom stereocenters. The smallest absolute Gasteiger partial charge is 1.00 e. The molecule has 11 heavy (non-hydrogen) atoms. The number of hydrogen-bond acceptors (Lipinski definition) is 1. The fourth-order valence-electron chi connectivity index (χ4n) is 0.249. The predicted octanol–water partition coefficient (Wildman–Crippen LogP) is -7.45. The Labute approximate surface area is 138 Å². The van der Waals surface area contributed by atoms with E-state index in [1.807, 2.05) is 6.92 Å². The number of carbonyl (C=O) groups is 1. The fourth-order valence-corrected chi connectivity index (χ4v) is 0.249. The zero-order chi connectivity index (χ0) is 6.41. The van der Waals surface area contributed by atoms with E-state index in [1.165, 1.54) is 6.08 Å². The molecule has 0 amide bonds. The first-order valence-electron chi connectivity index (χ1n) is 2.29. The molecular weight excluding hydrogens is 173 g/mol. The molecule has 0 unspecified atom stereocenters. The molecule has 0 aliphatic carbocycles. The van der Waals surface area contributed by atoms with Gasteiger partial charge in [0.05, 0.1) is 0 Å². The van der Waals surface area contributed by atoms with Gasteiger partial charge in [-0.15, -0.1) is 0 Å². The van der Waals surface area contributed by atoms with Gasteiger partial charge in [0.2, 0.25) is 0 Å². The molecule has 5 heteroatoms. The summed E-state index contributed by atoms with van der Waals surface area (Å²) in [6.45, 7) is 1.83. The van der Waals surface area contributed by atoms with Gasteiger partial charge in [-0.25, -0.2) is 4.79 Å². The molecule has 0 radical (unpaired) electrons. The Bertz CT molecular complexity index is 142. The van der Waals surface area contributed by atoms with Crippen LogP contribution >= 0.6 is 0 Å². The van der Waals surface area contributed by atoms with Crippen LogP contribution in [0.25, 0.3) is 0 Å². The topological polar surface area (TPSA) is 37.3 Å². The van der Waals surface area contributed by atoms with Gasteiger partial charge in [0.1, 0.15) is 0 Å². The normalized spacial score (nSPS) is 8.09. The first-order valence-corrected chi connectivity index (χ1v) is 2.29. The number of hydrogen-bond donors (Lipinski definition) is 1. The van der Waals surface area contributed by atoms with Gasteiger partial charge in [0.15, 0.2) is 0 Å². The van der Waals surface area contributed by atoms with Gasteiger partial charge in [0, 0.05) is 6.08 Å². The molecule has 2 nitrogen and oxygen atoms in total. The van der Waals surface area contributed by atoms with Gasteiger partial charge in [0.25, 0.3) is 0 Å². The molecule has 1 N–H and O–H groups in total. The quantitative estimate of drug-likeness (QED) is 0.263. The van der Waals surface area contributed by atoms with E-state index in [1.54, 1.807) is 12.2 Å². The largest absolute Gasteiger partial charge is 1.00 e. The van der Waals surface area contributed by atoms with Crippen LogP contribution in [0.4, 0.5) is 0 Å². The Kier molecular flexibility index (Phi) is 37.5. The second-order valence-corrected chi connectivity index (χ2v) is 1.22. The second-order valence-electron chi connectivity index (χ2n) is 1.22. The number of rotatable bonds is 2. The van der Waals surface area contributed by atoms with Crippen LogP contribution in [0.1, 0.15) is 11.2 Å². The third kappa shape index (κ3) is 24.5. The summed E-state index contributed by atoms with van der Waals surface area (Å²) in [5.41, 5.74) is 0. The van der Waals surface area contributed by atoms with Crippen LogP contribution in [-0.2, 0) is 4.79 Å². The SMILES string of the molecule is C/C=C/C=C/C(=O)O.[H-].[H-].[H-].[Na+].[Na+].[Na+]. The minimum absolute atomic E-state index is 0. The maximum Gasteiger partial charge on any atom is 1.00 e. The van der Waals surface area contributed by atoms with Gasteiger partial charge in [-0.1, -0.05) is 18.2 Å². The van der Waals surface area contributed by atoms with Crippen molar-refractivity contribution in [1.29, 1.82) is 0 Å². The van der Waals surface area contributed by atoms with Crippen molar-refractivity contribution < 1.29 is 103 Å². The molecule has 0 saturated carbocycles. The van der Waals surface area contributed by atoms with E-state index in [0.717, 1.165) is 6.08 Å². The van der Waals surface area contributed by atoms with E-state index in [4.69, 9.17) is 5.11 Å². The minimum Gasteiger partial charge on any atom is -1.00 e. The second kappa shape index (κ2) is 17.9. The van der Waals surface area contributed by atoms with Crippen molar-refractivity contribution in [1.82, 2.24) is 0 Å². The Morgan fingerprint density at radius 3 is 2.00 bits per heavy atom. The van der Waals surface area contributed by atoms with E-state index in [2.05, 4.69) is 0 Å². The molecule has 0 heterocycles. The van der Waals surface area contributed by atoms with Crippen LogP contribution in [0.15, 0.2) is 24.3 Å². The van der Waals surface area contributed by atoms with E-state index in [0.29, 0.717) is 0 Å². The molecule has 0 aliphatic heterocycles. The van der Waals surface area contributed by atoms with Crippen LogP contribution in [0.2, 0.25) is 0 Å². The van der Waals surface area contributed by atoms with E-state index in [-0.39, 0.29) is 93.0 Å². The number of allylic oxidation sites excluding steroid dienone is 3. The van der Waals surface area contributed by atoms with E-state index >= 15 is 0 Å². The minimum atomic E-state index is -0.914. The van der Waals surface area contributed by atoms with Gasteiger partial charge in [-0.05, 0) is 6.92 Å². The summed E-state index contributed by atoms with van der Waals surface area (Å²) >= 11 is 0. The molecule has 0 aromatic rings. The van der Waals surface area contributed by atoms with Crippen LogP contribution in [0.5, 0.6) is 0 Å². The van der Waals surface area contributed by atoms with Crippen molar-refractivity contribution >= 4 is 5.97 Å². The van der Waals surface area contributed by atoms with Crippen molar-refractivity contribution in [2.75, 3.05) is 0 Å². The zero-order valence-corrected chi connectivity index (χ0v) is 13.7. The number of carboxylic acid groups (broad SMARTS) is 1. The first-order chi connectivity index (χ1) is 3.77. The van der Waals surface area contributed by atoms with Crippen molar-refractivity contribution in [3.63, 3.8) is 0 Å². The average molecular weight is 184 g/mol. The maximum absolute atomic E-state index is 9.75. The zero-order valence-electron chi connectivity index (χ0n) is 10.7. The molecule has 0 aliphatic rings. The summed E-state index contributed by atoms with van der Waals surface area (Å²) in [6, 6.07) is 0. The van der Waals surface area contributed by atoms with Crippen LogP contribution in [0, 0.1) is 0 Å². The van der Waals surface area contributed by atoms with Crippen molar-refractivity contribution in [2.45, 2.75) is 6.92 Å². The monoisotopic (exact) mass is 184 g/mol. The summed E-state index contributed by atoms with van der Waals surface area (Å²) in [7, 11) is 0. The molecule has 0 fully saturated rings. The summed E-state index contributed by atoms with van der Waals surface area (Å²) in [6.07, 6.45) is 5.98. The van der Waals surface area contributed by atoms with Crippen LogP contribution < -0.4 is 88.7 Å². The molecular formula is C6H11Na3O2. The Balaban J connectivity index is -0.0000000163. The average Bonchev–Trinajstić information content (AvgIpc) is 1.66.